The van der Waals surface area contributed by atoms with Crippen LogP contribution >= 0.6 is 0 Å². The second-order valence-corrected chi connectivity index (χ2v) is 9.33. The first-order chi connectivity index (χ1) is 18.3. The molecule has 0 fully saturated rings. The summed E-state index contributed by atoms with van der Waals surface area (Å²) in [7, 11) is 0. The second-order valence-electron chi connectivity index (χ2n) is 9.33. The predicted octanol–water partition coefficient (Wildman–Crippen LogP) is 2.13. The number of phenolic OH excluding ortho intramolecular Hbond substituents is 4. The van der Waals surface area contributed by atoms with Crippen LogP contribution in [0, 0.1) is 0 Å². The van der Waals surface area contributed by atoms with E-state index in [2.05, 4.69) is 10.6 Å². The van der Waals surface area contributed by atoms with E-state index in [-0.39, 0.29) is 47.7 Å². The molecule has 0 aromatic heterocycles. The van der Waals surface area contributed by atoms with Crippen LogP contribution in [0.15, 0.2) is 36.4 Å². The lowest BCUT2D eigenvalue weighted by Crippen LogP contribution is -2.35. The summed E-state index contributed by atoms with van der Waals surface area (Å²) in [4.78, 5) is 27.0. The number of phenols is 4. The summed E-state index contributed by atoms with van der Waals surface area (Å²) in [6.07, 6.45) is 4.77. The lowest BCUT2D eigenvalue weighted by atomic mass is 10.1. The van der Waals surface area contributed by atoms with Crippen LogP contribution in [0.25, 0.3) is 0 Å². The maximum absolute atomic E-state index is 13.0. The Labute approximate surface area is 224 Å². The van der Waals surface area contributed by atoms with E-state index in [1.807, 2.05) is 4.90 Å². The number of nitrogens with zero attached hydrogens (tertiary/aromatic N) is 1. The van der Waals surface area contributed by atoms with Crippen molar-refractivity contribution in [2.45, 2.75) is 51.4 Å². The Balaban J connectivity index is 1.77. The number of hydrogen-bond acceptors (Lipinski definition) is 8. The van der Waals surface area contributed by atoms with Gasteiger partial charge in [-0.1, -0.05) is 12.1 Å². The van der Waals surface area contributed by atoms with Crippen molar-refractivity contribution in [3.8, 4) is 23.0 Å². The van der Waals surface area contributed by atoms with Crippen molar-refractivity contribution in [1.82, 2.24) is 15.5 Å². The third kappa shape index (κ3) is 11.7. The maximum atomic E-state index is 13.0. The Morgan fingerprint density at radius 1 is 0.711 bits per heavy atom. The second kappa shape index (κ2) is 17.1. The highest BCUT2D eigenvalue weighted by Crippen LogP contribution is 2.26. The van der Waals surface area contributed by atoms with E-state index in [9.17, 15) is 30.0 Å². The van der Waals surface area contributed by atoms with Crippen molar-refractivity contribution >= 4 is 11.8 Å². The Morgan fingerprint density at radius 2 is 1.29 bits per heavy atom. The molecule has 210 valence electrons. The summed E-state index contributed by atoms with van der Waals surface area (Å²) in [6.45, 7) is 3.99. The molecule has 0 spiro atoms. The van der Waals surface area contributed by atoms with Gasteiger partial charge in [0.1, 0.15) is 0 Å². The first-order valence-electron chi connectivity index (χ1n) is 13.3. The first kappa shape index (κ1) is 30.7. The van der Waals surface area contributed by atoms with Gasteiger partial charge in [-0.3, -0.25) is 9.59 Å². The molecule has 2 aromatic rings. The molecule has 0 atom stereocenters. The fourth-order valence-electron chi connectivity index (χ4n) is 3.97. The molecule has 2 aromatic carbocycles. The van der Waals surface area contributed by atoms with Crippen LogP contribution in [-0.2, 0) is 22.4 Å². The molecule has 38 heavy (non-hydrogen) atoms. The van der Waals surface area contributed by atoms with Crippen LogP contribution in [0.5, 0.6) is 23.0 Å². The summed E-state index contributed by atoms with van der Waals surface area (Å²) in [5, 5.41) is 44.4. The van der Waals surface area contributed by atoms with Crippen LogP contribution in [0.2, 0.25) is 0 Å². The number of unbranched alkanes of at least 4 members (excludes halogenated alkanes) is 1. The molecule has 0 bridgehead atoms. The normalized spacial score (nSPS) is 10.9. The molecule has 0 aliphatic heterocycles. The number of hydrogen-bond donors (Lipinski definition) is 7. The summed E-state index contributed by atoms with van der Waals surface area (Å²) in [5.41, 5.74) is 7.03. The van der Waals surface area contributed by atoms with Crippen LogP contribution in [0.1, 0.15) is 49.7 Å². The number of carbonyl (C=O) groups excluding carboxylic acids is 2. The van der Waals surface area contributed by atoms with E-state index in [1.54, 1.807) is 12.1 Å². The zero-order chi connectivity index (χ0) is 27.8. The lowest BCUT2D eigenvalue weighted by Gasteiger charge is -2.23. The molecule has 8 N–H and O–H groups in total. The minimum atomic E-state index is -0.207. The number of aromatic hydroxyl groups is 4. The van der Waals surface area contributed by atoms with Gasteiger partial charge in [-0.25, -0.2) is 0 Å². The summed E-state index contributed by atoms with van der Waals surface area (Å²) in [5.74, 6) is -0.905. The van der Waals surface area contributed by atoms with E-state index >= 15 is 0 Å². The summed E-state index contributed by atoms with van der Waals surface area (Å²) in [6, 6.07) is 9.08. The van der Waals surface area contributed by atoms with Crippen molar-refractivity contribution in [3.05, 3.63) is 47.5 Å². The maximum Gasteiger partial charge on any atom is 0.222 e. The fourth-order valence-corrected chi connectivity index (χ4v) is 3.97. The molecule has 0 radical (unpaired) electrons. The standard InChI is InChI=1S/C28H42N4O6/c29-13-3-15-30-14-1-2-17-32(28(38)12-8-22-6-10-24(34)26(36)20-22)18-4-16-31-27(37)11-7-21-5-9-23(33)25(35)19-21/h5-6,9-10,19-20,30,33-36H,1-4,7-8,11-18,29H2,(H,31,37). The number of amides is 2. The molecule has 0 unspecified atom stereocenters. The van der Waals surface area contributed by atoms with Crippen molar-refractivity contribution in [2.24, 2.45) is 5.73 Å². The van der Waals surface area contributed by atoms with Crippen LogP contribution in [0.3, 0.4) is 0 Å². The van der Waals surface area contributed by atoms with E-state index in [0.29, 0.717) is 45.4 Å². The Bertz CT molecular complexity index is 1020. The number of nitrogens with one attached hydrogen (secondary N) is 2. The highest BCUT2D eigenvalue weighted by molar-refractivity contribution is 5.77. The van der Waals surface area contributed by atoms with Gasteiger partial charge >= 0.3 is 0 Å². The van der Waals surface area contributed by atoms with Crippen LogP contribution in [-0.4, -0.2) is 76.4 Å². The van der Waals surface area contributed by atoms with E-state index in [1.165, 1.54) is 24.3 Å². The summed E-state index contributed by atoms with van der Waals surface area (Å²) < 4.78 is 0. The first-order valence-corrected chi connectivity index (χ1v) is 13.3. The third-order valence-electron chi connectivity index (χ3n) is 6.22. The highest BCUT2D eigenvalue weighted by atomic mass is 16.3. The third-order valence-corrected chi connectivity index (χ3v) is 6.22. The molecular weight excluding hydrogens is 488 g/mol. The van der Waals surface area contributed by atoms with Gasteiger partial charge in [0.05, 0.1) is 0 Å². The van der Waals surface area contributed by atoms with Gasteiger partial charge < -0.3 is 41.7 Å². The van der Waals surface area contributed by atoms with Crippen molar-refractivity contribution in [3.63, 3.8) is 0 Å². The minimum absolute atomic E-state index is 0.00659. The van der Waals surface area contributed by atoms with Gasteiger partial charge in [0, 0.05) is 32.5 Å². The average molecular weight is 531 g/mol. The van der Waals surface area contributed by atoms with Gasteiger partial charge in [0.2, 0.25) is 11.8 Å². The molecule has 0 aliphatic rings. The Hall–Kier alpha value is -3.50. The topological polar surface area (TPSA) is 168 Å². The van der Waals surface area contributed by atoms with Crippen LogP contribution < -0.4 is 16.4 Å². The van der Waals surface area contributed by atoms with E-state index in [0.717, 1.165) is 43.5 Å². The largest absolute Gasteiger partial charge is 0.504 e. The van der Waals surface area contributed by atoms with Gasteiger partial charge in [-0.05, 0) is 93.6 Å². The van der Waals surface area contributed by atoms with Crippen molar-refractivity contribution in [1.29, 1.82) is 0 Å². The number of rotatable bonds is 18. The van der Waals surface area contributed by atoms with Gasteiger partial charge in [-0.2, -0.15) is 0 Å². The monoisotopic (exact) mass is 530 g/mol. The SMILES string of the molecule is NCCCNCCCCN(CCCNC(=O)CCc1ccc(O)c(O)c1)C(=O)CCc1ccc(O)c(O)c1. The Kier molecular flexibility index (Phi) is 13.8. The van der Waals surface area contributed by atoms with Gasteiger partial charge in [0.25, 0.3) is 0 Å². The number of aryl methyl sites for hydroxylation is 2. The van der Waals surface area contributed by atoms with Crippen molar-refractivity contribution in [2.75, 3.05) is 39.3 Å². The predicted molar refractivity (Wildman–Crippen MR) is 146 cm³/mol. The molecule has 10 heteroatoms. The quantitative estimate of drug-likeness (QED) is 0.114. The lowest BCUT2D eigenvalue weighted by molar-refractivity contribution is -0.131. The molecule has 10 nitrogen and oxygen atoms in total. The van der Waals surface area contributed by atoms with E-state index in [4.69, 9.17) is 5.73 Å². The van der Waals surface area contributed by atoms with Gasteiger partial charge in [0.15, 0.2) is 23.0 Å². The molecule has 0 aliphatic carbocycles. The molecule has 2 rings (SSSR count). The zero-order valence-electron chi connectivity index (χ0n) is 22.0. The van der Waals surface area contributed by atoms with Crippen molar-refractivity contribution < 1.29 is 30.0 Å². The minimum Gasteiger partial charge on any atom is -0.504 e. The smallest absolute Gasteiger partial charge is 0.222 e. The zero-order valence-corrected chi connectivity index (χ0v) is 22.0. The van der Waals surface area contributed by atoms with Gasteiger partial charge in [-0.15, -0.1) is 0 Å². The summed E-state index contributed by atoms with van der Waals surface area (Å²) >= 11 is 0. The molecule has 0 heterocycles. The molecule has 2 amide bonds. The number of benzene rings is 2. The molecule has 0 saturated carbocycles. The average Bonchev–Trinajstić information content (AvgIpc) is 2.90. The highest BCUT2D eigenvalue weighted by Gasteiger charge is 2.14. The number of nitrogens with two attached hydrogens (primary N) is 1. The van der Waals surface area contributed by atoms with Crippen LogP contribution in [0.4, 0.5) is 0 Å². The fraction of sp³-hybridized carbons (Fsp3) is 0.500. The molecule has 0 saturated heterocycles. The Morgan fingerprint density at radius 3 is 1.89 bits per heavy atom. The molecular formula is C28H42N4O6. The number of carbonyl (C=O) groups is 2. The van der Waals surface area contributed by atoms with E-state index < -0.39 is 0 Å².